The minimum Gasteiger partial charge on any atom is -0.462 e. The van der Waals surface area contributed by atoms with Crippen molar-refractivity contribution >= 4 is 23.3 Å². The van der Waals surface area contributed by atoms with Gasteiger partial charge in [0.1, 0.15) is 0 Å². The minimum atomic E-state index is -3.81. The number of nitro benzene ring substituents is 1. The van der Waals surface area contributed by atoms with Crippen molar-refractivity contribution in [3.63, 3.8) is 0 Å². The lowest BCUT2D eigenvalue weighted by atomic mass is 10.1. The highest BCUT2D eigenvalue weighted by atomic mass is 19.3. The van der Waals surface area contributed by atoms with E-state index in [-0.39, 0.29) is 34.9 Å². The largest absolute Gasteiger partial charge is 0.586 e. The molecule has 11 heteroatoms. The maximum absolute atomic E-state index is 13.1. The molecule has 0 fully saturated rings. The van der Waals surface area contributed by atoms with Crippen LogP contribution >= 0.6 is 0 Å². The van der Waals surface area contributed by atoms with Gasteiger partial charge < -0.3 is 19.5 Å². The van der Waals surface area contributed by atoms with Crippen molar-refractivity contribution in [3.05, 3.63) is 57.6 Å². The lowest BCUT2D eigenvalue weighted by Gasteiger charge is -2.08. The Labute approximate surface area is 156 Å². The summed E-state index contributed by atoms with van der Waals surface area (Å²) >= 11 is 0. The predicted molar refractivity (Wildman–Crippen MR) is 89.7 cm³/mol. The third kappa shape index (κ3) is 3.98. The van der Waals surface area contributed by atoms with Crippen LogP contribution in [0, 0.1) is 10.1 Å². The van der Waals surface area contributed by atoms with Gasteiger partial charge in [-0.3, -0.25) is 14.9 Å². The maximum Gasteiger partial charge on any atom is 0.586 e. The number of nitro groups is 1. The second-order valence-corrected chi connectivity index (χ2v) is 5.53. The van der Waals surface area contributed by atoms with E-state index in [1.165, 1.54) is 12.1 Å². The Balaban J connectivity index is 1.86. The molecule has 1 aliphatic rings. The second kappa shape index (κ2) is 7.10. The monoisotopic (exact) mass is 394 g/mol. The summed E-state index contributed by atoms with van der Waals surface area (Å²) in [4.78, 5) is 34.6. The van der Waals surface area contributed by atoms with Crippen molar-refractivity contribution in [1.29, 1.82) is 0 Å². The first kappa shape index (κ1) is 19.0. The number of hydrogen-bond acceptors (Lipinski definition) is 7. The molecule has 0 aromatic heterocycles. The van der Waals surface area contributed by atoms with E-state index in [4.69, 9.17) is 4.74 Å². The molecule has 0 radical (unpaired) electrons. The highest BCUT2D eigenvalue weighted by Crippen LogP contribution is 2.42. The number of rotatable bonds is 5. The number of carbonyl (C=O) groups excluding carboxylic acids is 2. The number of hydrogen-bond donors (Lipinski definition) is 1. The number of alkyl halides is 2. The zero-order valence-corrected chi connectivity index (χ0v) is 14.2. The van der Waals surface area contributed by atoms with Crippen LogP contribution in [0.3, 0.4) is 0 Å². The molecule has 1 aliphatic heterocycles. The van der Waals surface area contributed by atoms with Gasteiger partial charge >= 0.3 is 12.3 Å². The Kier molecular flexibility index (Phi) is 4.82. The van der Waals surface area contributed by atoms with Crippen LogP contribution in [0.2, 0.25) is 0 Å². The Bertz CT molecular complexity index is 978. The van der Waals surface area contributed by atoms with Crippen LogP contribution in [0.4, 0.5) is 20.2 Å². The van der Waals surface area contributed by atoms with Gasteiger partial charge in [-0.25, -0.2) is 4.79 Å². The van der Waals surface area contributed by atoms with Gasteiger partial charge in [-0.1, -0.05) is 0 Å². The summed E-state index contributed by atoms with van der Waals surface area (Å²) in [6.45, 7) is 1.61. The van der Waals surface area contributed by atoms with Crippen LogP contribution in [0.5, 0.6) is 11.5 Å². The maximum atomic E-state index is 13.1. The second-order valence-electron chi connectivity index (χ2n) is 5.53. The topological polar surface area (TPSA) is 117 Å². The average molecular weight is 394 g/mol. The van der Waals surface area contributed by atoms with Crippen LogP contribution in [0.25, 0.3) is 0 Å². The van der Waals surface area contributed by atoms with Crippen molar-refractivity contribution in [2.24, 2.45) is 0 Å². The summed E-state index contributed by atoms with van der Waals surface area (Å²) in [7, 11) is 0. The van der Waals surface area contributed by atoms with Crippen LogP contribution in [-0.4, -0.2) is 29.7 Å². The molecule has 2 aromatic rings. The van der Waals surface area contributed by atoms with Gasteiger partial charge in [0.05, 0.1) is 17.1 Å². The zero-order valence-electron chi connectivity index (χ0n) is 14.2. The Morgan fingerprint density at radius 1 is 1.14 bits per heavy atom. The van der Waals surface area contributed by atoms with E-state index in [2.05, 4.69) is 14.8 Å². The molecule has 28 heavy (non-hydrogen) atoms. The number of anilines is 1. The molecule has 0 saturated heterocycles. The van der Waals surface area contributed by atoms with Crippen LogP contribution in [-0.2, 0) is 4.74 Å². The number of benzene rings is 2. The summed E-state index contributed by atoms with van der Waals surface area (Å²) in [6, 6.07) is 6.64. The number of fused-ring (bicyclic) bond motifs is 1. The summed E-state index contributed by atoms with van der Waals surface area (Å²) in [5, 5.41) is 13.5. The third-order valence-corrected chi connectivity index (χ3v) is 3.56. The van der Waals surface area contributed by atoms with Crippen LogP contribution < -0.4 is 14.8 Å². The van der Waals surface area contributed by atoms with Crippen LogP contribution in [0.1, 0.15) is 27.6 Å². The van der Waals surface area contributed by atoms with Crippen molar-refractivity contribution in [2.75, 3.05) is 11.9 Å². The van der Waals surface area contributed by atoms with Crippen molar-refractivity contribution in [1.82, 2.24) is 0 Å². The minimum absolute atomic E-state index is 0.0465. The van der Waals surface area contributed by atoms with Crippen molar-refractivity contribution in [3.8, 4) is 11.5 Å². The highest BCUT2D eigenvalue weighted by molar-refractivity contribution is 6.06. The van der Waals surface area contributed by atoms with Gasteiger partial charge in [0, 0.05) is 29.4 Å². The molecule has 1 heterocycles. The number of nitrogens with zero attached hydrogens (tertiary/aromatic N) is 1. The fourth-order valence-corrected chi connectivity index (χ4v) is 2.41. The van der Waals surface area contributed by atoms with Crippen molar-refractivity contribution in [2.45, 2.75) is 13.2 Å². The smallest absolute Gasteiger partial charge is 0.462 e. The fraction of sp³-hybridized carbons (Fsp3) is 0.176. The molecule has 9 nitrogen and oxygen atoms in total. The first-order chi connectivity index (χ1) is 13.2. The summed E-state index contributed by atoms with van der Waals surface area (Å²) < 4.78 is 39.5. The molecule has 0 unspecified atom stereocenters. The summed E-state index contributed by atoms with van der Waals surface area (Å²) in [5.74, 6) is -2.12. The quantitative estimate of drug-likeness (QED) is 0.469. The van der Waals surface area contributed by atoms with Gasteiger partial charge in [0.15, 0.2) is 11.5 Å². The number of nitrogens with one attached hydrogen (secondary N) is 1. The molecule has 0 aliphatic carbocycles. The third-order valence-electron chi connectivity index (χ3n) is 3.56. The number of amides is 1. The molecular formula is C17H12F2N2O7. The van der Waals surface area contributed by atoms with E-state index in [1.54, 1.807) is 6.92 Å². The average Bonchev–Trinajstić information content (AvgIpc) is 2.94. The molecule has 0 spiro atoms. The predicted octanol–water partition coefficient (Wildman–Crippen LogP) is 3.35. The van der Waals surface area contributed by atoms with Gasteiger partial charge in [0.25, 0.3) is 11.6 Å². The number of non-ortho nitro benzene ring substituents is 1. The Hall–Kier alpha value is -3.76. The molecule has 0 atom stereocenters. The Morgan fingerprint density at radius 3 is 2.50 bits per heavy atom. The van der Waals surface area contributed by atoms with Gasteiger partial charge in [-0.15, -0.1) is 8.78 Å². The van der Waals surface area contributed by atoms with E-state index in [1.807, 2.05) is 0 Å². The normalized spacial score (nSPS) is 13.7. The number of carbonyl (C=O) groups is 2. The molecular weight excluding hydrogens is 382 g/mol. The molecule has 1 amide bonds. The molecule has 3 rings (SSSR count). The summed E-state index contributed by atoms with van der Waals surface area (Å²) in [6.07, 6.45) is -3.81. The lowest BCUT2D eigenvalue weighted by Crippen LogP contribution is -2.25. The van der Waals surface area contributed by atoms with Crippen LogP contribution in [0.15, 0.2) is 36.4 Å². The lowest BCUT2D eigenvalue weighted by molar-refractivity contribution is -0.384. The van der Waals surface area contributed by atoms with Gasteiger partial charge in [-0.2, -0.15) is 0 Å². The van der Waals surface area contributed by atoms with Gasteiger partial charge in [-0.05, 0) is 25.1 Å². The van der Waals surface area contributed by atoms with E-state index < -0.39 is 28.8 Å². The summed E-state index contributed by atoms with van der Waals surface area (Å²) in [5.41, 5.74) is -0.776. The number of esters is 1. The number of ether oxygens (including phenoxy) is 3. The molecule has 146 valence electrons. The molecule has 2 aromatic carbocycles. The van der Waals surface area contributed by atoms with Crippen molar-refractivity contribution < 1.29 is 37.5 Å². The first-order valence-corrected chi connectivity index (χ1v) is 7.86. The SMILES string of the molecule is CCOC(=O)c1cc(C(=O)Nc2ccc3c(c2)OC(F)(F)O3)cc([N+](=O)[O-])c1. The fourth-order valence-electron chi connectivity index (χ4n) is 2.41. The first-order valence-electron chi connectivity index (χ1n) is 7.86. The molecule has 0 bridgehead atoms. The van der Waals surface area contributed by atoms with Gasteiger partial charge in [0.2, 0.25) is 0 Å². The standard InChI is InChI=1S/C17H12F2N2O7/c1-2-26-16(23)10-5-9(6-12(7-10)21(24)25)15(22)20-11-3-4-13-14(8-11)28-17(18,19)27-13/h3-8H,2H2,1H3,(H,20,22). The molecule has 0 saturated carbocycles. The molecule has 1 N–H and O–H groups in total. The Morgan fingerprint density at radius 2 is 1.82 bits per heavy atom. The van der Waals surface area contributed by atoms with E-state index in [0.29, 0.717) is 0 Å². The number of halogens is 2. The van der Waals surface area contributed by atoms with E-state index in [0.717, 1.165) is 24.3 Å². The highest BCUT2D eigenvalue weighted by Gasteiger charge is 2.43. The van der Waals surface area contributed by atoms with E-state index >= 15 is 0 Å². The zero-order chi connectivity index (χ0) is 20.5. The van der Waals surface area contributed by atoms with E-state index in [9.17, 15) is 28.5 Å².